The van der Waals surface area contributed by atoms with Crippen LogP contribution in [-0.4, -0.2) is 33.1 Å². The minimum atomic E-state index is -0.407. The van der Waals surface area contributed by atoms with Gasteiger partial charge in [-0.25, -0.2) is 9.67 Å². The Bertz CT molecular complexity index is 972. The van der Waals surface area contributed by atoms with Crippen molar-refractivity contribution in [3.63, 3.8) is 0 Å². The number of para-hydroxylation sites is 1. The summed E-state index contributed by atoms with van der Waals surface area (Å²) in [4.78, 5) is 30.9. The standard InChI is InChI=1S/C19H16BrN5O2/c20-15-4-1-2-5-16(15)24-12-13(10-18(24)26)19(27)23-14-6-7-17(21-11-14)25-9-3-8-22-25/h1-9,11,13H,10,12H2,(H,23,27)/t13-/m1/s1. The molecule has 27 heavy (non-hydrogen) atoms. The molecule has 0 aliphatic carbocycles. The van der Waals surface area contributed by atoms with Crippen molar-refractivity contribution in [2.75, 3.05) is 16.8 Å². The van der Waals surface area contributed by atoms with Crippen LogP contribution in [0.5, 0.6) is 0 Å². The molecule has 0 saturated carbocycles. The minimum Gasteiger partial charge on any atom is -0.324 e. The van der Waals surface area contributed by atoms with Crippen LogP contribution in [0, 0.1) is 5.92 Å². The normalized spacial score (nSPS) is 16.6. The van der Waals surface area contributed by atoms with E-state index in [-0.39, 0.29) is 18.2 Å². The Hall–Kier alpha value is -3.00. The van der Waals surface area contributed by atoms with Gasteiger partial charge in [0, 0.05) is 29.8 Å². The van der Waals surface area contributed by atoms with E-state index in [0.717, 1.165) is 10.2 Å². The lowest BCUT2D eigenvalue weighted by Crippen LogP contribution is -2.28. The Balaban J connectivity index is 1.43. The summed E-state index contributed by atoms with van der Waals surface area (Å²) >= 11 is 3.46. The number of anilines is 2. The second-order valence-electron chi connectivity index (χ2n) is 6.20. The van der Waals surface area contributed by atoms with Crippen molar-refractivity contribution >= 4 is 39.1 Å². The van der Waals surface area contributed by atoms with Gasteiger partial charge in [0.25, 0.3) is 0 Å². The maximum Gasteiger partial charge on any atom is 0.229 e. The van der Waals surface area contributed by atoms with Crippen molar-refractivity contribution in [3.05, 3.63) is 65.5 Å². The molecule has 2 aromatic heterocycles. The molecule has 7 nitrogen and oxygen atoms in total. The molecule has 3 heterocycles. The van der Waals surface area contributed by atoms with Gasteiger partial charge in [-0.3, -0.25) is 9.59 Å². The lowest BCUT2D eigenvalue weighted by atomic mass is 10.1. The van der Waals surface area contributed by atoms with E-state index in [9.17, 15) is 9.59 Å². The van der Waals surface area contributed by atoms with E-state index < -0.39 is 5.92 Å². The van der Waals surface area contributed by atoms with E-state index in [0.29, 0.717) is 18.1 Å². The molecule has 1 aliphatic heterocycles. The van der Waals surface area contributed by atoms with E-state index in [1.807, 2.05) is 30.3 Å². The van der Waals surface area contributed by atoms with Crippen LogP contribution in [0.25, 0.3) is 5.82 Å². The maximum absolute atomic E-state index is 12.6. The highest BCUT2D eigenvalue weighted by Crippen LogP contribution is 2.31. The van der Waals surface area contributed by atoms with Crippen molar-refractivity contribution in [3.8, 4) is 5.82 Å². The summed E-state index contributed by atoms with van der Waals surface area (Å²) in [7, 11) is 0. The molecule has 4 rings (SSSR count). The lowest BCUT2D eigenvalue weighted by Gasteiger charge is -2.18. The molecule has 1 atom stereocenters. The van der Waals surface area contributed by atoms with Crippen LogP contribution < -0.4 is 10.2 Å². The summed E-state index contributed by atoms with van der Waals surface area (Å²) in [6.07, 6.45) is 5.23. The van der Waals surface area contributed by atoms with Crippen LogP contribution in [0.4, 0.5) is 11.4 Å². The Morgan fingerprint density at radius 2 is 2.04 bits per heavy atom. The first-order valence-electron chi connectivity index (χ1n) is 8.43. The Kier molecular flexibility index (Phi) is 4.72. The third-order valence-corrected chi connectivity index (χ3v) is 5.06. The summed E-state index contributed by atoms with van der Waals surface area (Å²) in [5.41, 5.74) is 1.37. The highest BCUT2D eigenvalue weighted by Gasteiger charge is 2.35. The second kappa shape index (κ2) is 7.32. The highest BCUT2D eigenvalue weighted by atomic mass is 79.9. The summed E-state index contributed by atoms with van der Waals surface area (Å²) in [6.45, 7) is 0.353. The van der Waals surface area contributed by atoms with Gasteiger partial charge in [0.2, 0.25) is 11.8 Å². The largest absolute Gasteiger partial charge is 0.324 e. The average Bonchev–Trinajstić information content (AvgIpc) is 3.33. The maximum atomic E-state index is 12.6. The molecule has 0 unspecified atom stereocenters. The van der Waals surface area contributed by atoms with Crippen LogP contribution >= 0.6 is 15.9 Å². The highest BCUT2D eigenvalue weighted by molar-refractivity contribution is 9.10. The number of carbonyl (C=O) groups excluding carboxylic acids is 2. The van der Waals surface area contributed by atoms with Gasteiger partial charge < -0.3 is 10.2 Å². The zero-order chi connectivity index (χ0) is 18.8. The van der Waals surface area contributed by atoms with Gasteiger partial charge in [-0.05, 0) is 46.3 Å². The minimum absolute atomic E-state index is 0.0609. The molecule has 0 bridgehead atoms. The molecule has 2 amide bonds. The van der Waals surface area contributed by atoms with Crippen molar-refractivity contribution < 1.29 is 9.59 Å². The SMILES string of the molecule is O=C(Nc1ccc(-n2cccn2)nc1)[C@@H]1CC(=O)N(c2ccccc2Br)C1. The molecule has 3 aromatic rings. The van der Waals surface area contributed by atoms with Gasteiger partial charge in [0.05, 0.1) is 23.5 Å². The number of benzene rings is 1. The summed E-state index contributed by atoms with van der Waals surface area (Å²) in [5, 5.41) is 6.95. The van der Waals surface area contributed by atoms with E-state index in [4.69, 9.17) is 0 Å². The summed E-state index contributed by atoms with van der Waals surface area (Å²) in [5.74, 6) is 0.00490. The molecule has 1 aromatic carbocycles. The Morgan fingerprint density at radius 1 is 1.19 bits per heavy atom. The van der Waals surface area contributed by atoms with Gasteiger partial charge in [0.15, 0.2) is 5.82 Å². The number of nitrogens with one attached hydrogen (secondary N) is 1. The van der Waals surface area contributed by atoms with E-state index >= 15 is 0 Å². The fourth-order valence-corrected chi connectivity index (χ4v) is 3.53. The zero-order valence-corrected chi connectivity index (χ0v) is 15.8. The number of hydrogen-bond donors (Lipinski definition) is 1. The number of pyridine rings is 1. The van der Waals surface area contributed by atoms with Gasteiger partial charge in [-0.15, -0.1) is 0 Å². The number of aromatic nitrogens is 3. The molecule has 1 aliphatic rings. The first-order valence-corrected chi connectivity index (χ1v) is 9.23. The monoisotopic (exact) mass is 425 g/mol. The number of hydrogen-bond acceptors (Lipinski definition) is 4. The number of carbonyl (C=O) groups is 2. The quantitative estimate of drug-likeness (QED) is 0.696. The Morgan fingerprint density at radius 3 is 2.74 bits per heavy atom. The van der Waals surface area contributed by atoms with Gasteiger partial charge in [0.1, 0.15) is 0 Å². The first-order chi connectivity index (χ1) is 13.1. The van der Waals surface area contributed by atoms with Crippen molar-refractivity contribution in [2.45, 2.75) is 6.42 Å². The van der Waals surface area contributed by atoms with E-state index in [1.54, 1.807) is 40.3 Å². The lowest BCUT2D eigenvalue weighted by molar-refractivity contribution is -0.122. The third-order valence-electron chi connectivity index (χ3n) is 4.39. The molecule has 1 fully saturated rings. The Labute approximate surface area is 164 Å². The smallest absolute Gasteiger partial charge is 0.229 e. The van der Waals surface area contributed by atoms with Gasteiger partial charge >= 0.3 is 0 Å². The second-order valence-corrected chi connectivity index (χ2v) is 7.06. The first kappa shape index (κ1) is 17.4. The predicted molar refractivity (Wildman–Crippen MR) is 105 cm³/mol. The molecule has 1 N–H and O–H groups in total. The van der Waals surface area contributed by atoms with Crippen LogP contribution in [0.2, 0.25) is 0 Å². The fraction of sp³-hybridized carbons (Fsp3) is 0.158. The number of amides is 2. The van der Waals surface area contributed by atoms with Crippen LogP contribution in [0.3, 0.4) is 0 Å². The zero-order valence-electron chi connectivity index (χ0n) is 14.2. The average molecular weight is 426 g/mol. The van der Waals surface area contributed by atoms with E-state index in [1.165, 1.54) is 0 Å². The van der Waals surface area contributed by atoms with Crippen LogP contribution in [0.1, 0.15) is 6.42 Å². The van der Waals surface area contributed by atoms with Crippen molar-refractivity contribution in [1.82, 2.24) is 14.8 Å². The van der Waals surface area contributed by atoms with Gasteiger partial charge in [-0.1, -0.05) is 12.1 Å². The summed E-state index contributed by atoms with van der Waals surface area (Å²) in [6, 6.07) is 12.8. The van der Waals surface area contributed by atoms with E-state index in [2.05, 4.69) is 31.3 Å². The molecule has 8 heteroatoms. The molecule has 136 valence electrons. The molecular weight excluding hydrogens is 410 g/mol. The van der Waals surface area contributed by atoms with Gasteiger partial charge in [-0.2, -0.15) is 5.10 Å². The number of nitrogens with zero attached hydrogens (tertiary/aromatic N) is 4. The fourth-order valence-electron chi connectivity index (χ4n) is 3.03. The van der Waals surface area contributed by atoms with Crippen molar-refractivity contribution in [1.29, 1.82) is 0 Å². The van der Waals surface area contributed by atoms with Crippen LogP contribution in [0.15, 0.2) is 65.5 Å². The molecule has 0 radical (unpaired) electrons. The van der Waals surface area contributed by atoms with Crippen molar-refractivity contribution in [2.24, 2.45) is 5.92 Å². The molecule has 0 spiro atoms. The molecular formula is C19H16BrN5O2. The van der Waals surface area contributed by atoms with Crippen LogP contribution in [-0.2, 0) is 9.59 Å². The topological polar surface area (TPSA) is 80.1 Å². The summed E-state index contributed by atoms with van der Waals surface area (Å²) < 4.78 is 2.47. The molecule has 1 saturated heterocycles. The predicted octanol–water partition coefficient (Wildman–Crippen LogP) is 3.02. The third kappa shape index (κ3) is 3.61. The number of halogens is 1. The number of rotatable bonds is 4.